The Labute approximate surface area is 530 Å². The molecule has 87 heavy (non-hydrogen) atoms. The van der Waals surface area contributed by atoms with Crippen LogP contribution >= 0.6 is 15.6 Å². The quantitative estimate of drug-likeness (QED) is 0.0222. The van der Waals surface area contributed by atoms with Gasteiger partial charge in [-0.15, -0.1) is 0 Å². The topological polar surface area (TPSA) is 237 Å². The normalized spacial score (nSPS) is 14.1. The van der Waals surface area contributed by atoms with E-state index in [1.807, 2.05) is 0 Å². The molecule has 19 heteroatoms. The predicted octanol–water partition coefficient (Wildman–Crippen LogP) is 19.5. The maximum absolute atomic E-state index is 13.0. The van der Waals surface area contributed by atoms with Gasteiger partial charge in [0.05, 0.1) is 26.4 Å². The van der Waals surface area contributed by atoms with E-state index >= 15 is 0 Å². The van der Waals surface area contributed by atoms with Gasteiger partial charge >= 0.3 is 39.5 Å². The first-order valence-corrected chi connectivity index (χ1v) is 38.8. The molecule has 0 bridgehead atoms. The Morgan fingerprint density at radius 3 is 0.678 bits per heavy atom. The summed E-state index contributed by atoms with van der Waals surface area (Å²) in [6.07, 6.45) is 49.9. The fourth-order valence-electron chi connectivity index (χ4n) is 10.3. The zero-order chi connectivity index (χ0) is 64.0. The van der Waals surface area contributed by atoms with E-state index in [4.69, 9.17) is 37.0 Å². The minimum atomic E-state index is -4.95. The summed E-state index contributed by atoms with van der Waals surface area (Å²) in [6, 6.07) is 0. The monoisotopic (exact) mass is 1280 g/mol. The van der Waals surface area contributed by atoms with Crippen molar-refractivity contribution in [1.82, 2.24) is 0 Å². The molecule has 0 heterocycles. The SMILES string of the molecule is CCCCCCCCCCCCCCCCCCC(=O)O[C@H](COC(=O)CCCCCCCCCCCCCC)COP(=O)(O)OC[C@@H](O)COP(=O)(O)OC[C@@H](COC(=O)CCCCCCCCC)OC(=O)CCCCCCCCCCCCCC. The minimum Gasteiger partial charge on any atom is -0.462 e. The molecule has 3 N–H and O–H groups in total. The molecule has 0 spiro atoms. The van der Waals surface area contributed by atoms with Crippen molar-refractivity contribution in [1.29, 1.82) is 0 Å². The zero-order valence-electron chi connectivity index (χ0n) is 56.0. The Kier molecular flexibility index (Phi) is 61.4. The Morgan fingerprint density at radius 2 is 0.460 bits per heavy atom. The Balaban J connectivity index is 5.20. The van der Waals surface area contributed by atoms with Crippen LogP contribution in [0.5, 0.6) is 0 Å². The number of carbonyl (C=O) groups is 4. The molecule has 0 aromatic heterocycles. The first-order chi connectivity index (χ1) is 42.2. The number of hydrogen-bond acceptors (Lipinski definition) is 15. The summed E-state index contributed by atoms with van der Waals surface area (Å²) in [7, 11) is -9.89. The molecule has 0 saturated carbocycles. The third kappa shape index (κ3) is 62.6. The summed E-state index contributed by atoms with van der Waals surface area (Å²) in [4.78, 5) is 72.3. The molecule has 0 aliphatic rings. The minimum absolute atomic E-state index is 0.107. The first-order valence-electron chi connectivity index (χ1n) is 35.8. The van der Waals surface area contributed by atoms with Crippen molar-refractivity contribution in [3.05, 3.63) is 0 Å². The van der Waals surface area contributed by atoms with Crippen molar-refractivity contribution in [2.24, 2.45) is 0 Å². The molecule has 0 saturated heterocycles. The first kappa shape index (κ1) is 85.1. The van der Waals surface area contributed by atoms with Crippen LogP contribution in [0.4, 0.5) is 0 Å². The number of ether oxygens (including phenoxy) is 4. The summed E-state index contributed by atoms with van der Waals surface area (Å²) >= 11 is 0. The van der Waals surface area contributed by atoms with Crippen molar-refractivity contribution in [2.75, 3.05) is 39.6 Å². The summed E-state index contributed by atoms with van der Waals surface area (Å²) < 4.78 is 68.1. The maximum atomic E-state index is 13.0. The number of unbranched alkanes of at least 4 members (excludes halogenated alkanes) is 43. The van der Waals surface area contributed by atoms with E-state index in [-0.39, 0.29) is 25.7 Å². The van der Waals surface area contributed by atoms with Crippen LogP contribution in [0, 0.1) is 0 Å². The van der Waals surface area contributed by atoms with Gasteiger partial charge in [-0.3, -0.25) is 37.3 Å². The van der Waals surface area contributed by atoms with Gasteiger partial charge in [0.15, 0.2) is 12.2 Å². The van der Waals surface area contributed by atoms with Crippen molar-refractivity contribution in [3.63, 3.8) is 0 Å². The highest BCUT2D eigenvalue weighted by atomic mass is 31.2. The molecule has 5 atom stereocenters. The molecular weight excluding hydrogens is 1150 g/mol. The van der Waals surface area contributed by atoms with E-state index in [2.05, 4.69) is 27.7 Å². The van der Waals surface area contributed by atoms with E-state index in [1.54, 1.807) is 0 Å². The summed E-state index contributed by atoms with van der Waals surface area (Å²) in [5.74, 6) is -2.13. The van der Waals surface area contributed by atoms with Gasteiger partial charge in [0.1, 0.15) is 19.3 Å². The second-order valence-corrected chi connectivity index (χ2v) is 27.5. The van der Waals surface area contributed by atoms with Crippen molar-refractivity contribution >= 4 is 39.5 Å². The smallest absolute Gasteiger partial charge is 0.462 e. The Hall–Kier alpha value is -1.94. The van der Waals surface area contributed by atoms with Crippen molar-refractivity contribution in [2.45, 2.75) is 373 Å². The van der Waals surface area contributed by atoms with Gasteiger partial charge in [-0.05, 0) is 25.7 Å². The lowest BCUT2D eigenvalue weighted by Gasteiger charge is -2.21. The summed E-state index contributed by atoms with van der Waals surface area (Å²) in [5, 5.41) is 10.6. The fourth-order valence-corrected chi connectivity index (χ4v) is 11.9. The van der Waals surface area contributed by atoms with Crippen molar-refractivity contribution in [3.8, 4) is 0 Å². The molecule has 516 valence electrons. The van der Waals surface area contributed by atoms with Gasteiger partial charge in [-0.1, -0.05) is 304 Å². The van der Waals surface area contributed by atoms with E-state index in [0.717, 1.165) is 103 Å². The number of rotatable bonds is 69. The second-order valence-electron chi connectivity index (χ2n) is 24.6. The number of phosphoric ester groups is 2. The Bertz CT molecular complexity index is 1670. The molecule has 0 aromatic carbocycles. The average Bonchev–Trinajstić information content (AvgIpc) is 3.58. The fraction of sp³-hybridized carbons (Fsp3) is 0.941. The molecule has 0 fully saturated rings. The van der Waals surface area contributed by atoms with E-state index in [0.29, 0.717) is 25.7 Å². The molecule has 0 aromatic rings. The number of hydrogen-bond donors (Lipinski definition) is 3. The highest BCUT2D eigenvalue weighted by Gasteiger charge is 2.30. The third-order valence-electron chi connectivity index (χ3n) is 15.9. The van der Waals surface area contributed by atoms with Gasteiger partial charge in [0, 0.05) is 25.7 Å². The predicted molar refractivity (Wildman–Crippen MR) is 349 cm³/mol. The van der Waals surface area contributed by atoms with Crippen LogP contribution in [0.3, 0.4) is 0 Å². The van der Waals surface area contributed by atoms with Crippen LogP contribution in [0.15, 0.2) is 0 Å². The van der Waals surface area contributed by atoms with E-state index in [9.17, 15) is 43.2 Å². The zero-order valence-corrected chi connectivity index (χ0v) is 57.8. The van der Waals surface area contributed by atoms with Gasteiger partial charge in [-0.25, -0.2) is 9.13 Å². The molecule has 0 rings (SSSR count). The van der Waals surface area contributed by atoms with Crippen LogP contribution in [-0.2, 0) is 65.4 Å². The third-order valence-corrected chi connectivity index (χ3v) is 17.8. The standard InChI is InChI=1S/C68H132O17P2/c1-5-9-13-17-21-24-27-30-31-32-33-36-39-43-47-51-55-68(73)85-64(59-79-66(71)53-49-45-41-37-34-28-25-22-18-14-10-6-2)61-83-87(76,77)81-57-62(69)56-80-86(74,75)82-60-63(58-78-65(70)52-48-44-40-20-16-12-8-4)84-67(72)54-50-46-42-38-35-29-26-23-19-15-11-7-3/h62-64,69H,5-61H2,1-4H3,(H,74,75)(H,76,77)/t62-,63+,64+/m0/s1. The maximum Gasteiger partial charge on any atom is 0.472 e. The lowest BCUT2D eigenvalue weighted by Crippen LogP contribution is -2.30. The average molecular weight is 1280 g/mol. The number of aliphatic hydroxyl groups excluding tert-OH is 1. The lowest BCUT2D eigenvalue weighted by atomic mass is 10.0. The molecule has 0 radical (unpaired) electrons. The molecule has 0 aliphatic carbocycles. The van der Waals surface area contributed by atoms with Crippen LogP contribution in [0.25, 0.3) is 0 Å². The largest absolute Gasteiger partial charge is 0.472 e. The van der Waals surface area contributed by atoms with Crippen LogP contribution in [0.2, 0.25) is 0 Å². The number of aliphatic hydroxyl groups is 1. The van der Waals surface area contributed by atoms with E-state index < -0.39 is 97.5 Å². The highest BCUT2D eigenvalue weighted by molar-refractivity contribution is 7.47. The molecule has 17 nitrogen and oxygen atoms in total. The number of esters is 4. The molecular formula is C68H132O17P2. The van der Waals surface area contributed by atoms with Crippen LogP contribution in [-0.4, -0.2) is 96.7 Å². The number of carbonyl (C=O) groups excluding carboxylic acids is 4. The number of phosphoric acid groups is 2. The van der Waals surface area contributed by atoms with Gasteiger partial charge in [0.25, 0.3) is 0 Å². The molecule has 0 amide bonds. The van der Waals surface area contributed by atoms with Crippen LogP contribution in [0.1, 0.15) is 355 Å². The van der Waals surface area contributed by atoms with Gasteiger partial charge < -0.3 is 33.8 Å². The Morgan fingerprint density at radius 1 is 0.276 bits per heavy atom. The highest BCUT2D eigenvalue weighted by Crippen LogP contribution is 2.45. The summed E-state index contributed by atoms with van der Waals surface area (Å²) in [5.41, 5.74) is 0. The van der Waals surface area contributed by atoms with E-state index in [1.165, 1.54) is 173 Å². The molecule has 0 aliphatic heterocycles. The summed E-state index contributed by atoms with van der Waals surface area (Å²) in [6.45, 7) is 4.90. The molecule has 2 unspecified atom stereocenters. The lowest BCUT2D eigenvalue weighted by molar-refractivity contribution is -0.161. The van der Waals surface area contributed by atoms with Crippen molar-refractivity contribution < 1.29 is 80.2 Å². The second kappa shape index (κ2) is 62.8. The van der Waals surface area contributed by atoms with Crippen LogP contribution < -0.4 is 0 Å². The van der Waals surface area contributed by atoms with Gasteiger partial charge in [0.2, 0.25) is 0 Å². The van der Waals surface area contributed by atoms with Gasteiger partial charge in [-0.2, -0.15) is 0 Å².